The number of primary amides is 1. The van der Waals surface area contributed by atoms with Crippen molar-refractivity contribution in [1.82, 2.24) is 5.32 Å². The molecule has 0 fully saturated rings. The highest BCUT2D eigenvalue weighted by Crippen LogP contribution is 2.25. The number of nitrogens with one attached hydrogen (secondary N) is 1. The number of amides is 1. The molecule has 17 heavy (non-hydrogen) atoms. The van der Waals surface area contributed by atoms with Gasteiger partial charge < -0.3 is 15.8 Å². The SMILES string of the molecule is CCOc1ccc(CCNCC(N)=O)cc1Cl. The fraction of sp³-hybridized carbons (Fsp3) is 0.417. The van der Waals surface area contributed by atoms with E-state index in [1.54, 1.807) is 0 Å². The lowest BCUT2D eigenvalue weighted by atomic mass is 10.1. The molecule has 0 aliphatic carbocycles. The van der Waals surface area contributed by atoms with E-state index in [1.807, 2.05) is 25.1 Å². The number of ether oxygens (including phenoxy) is 1. The summed E-state index contributed by atoms with van der Waals surface area (Å²) in [6.07, 6.45) is 0.791. The molecule has 0 radical (unpaired) electrons. The summed E-state index contributed by atoms with van der Waals surface area (Å²) in [4.78, 5) is 10.5. The molecule has 1 amide bonds. The van der Waals surface area contributed by atoms with E-state index in [1.165, 1.54) is 0 Å². The van der Waals surface area contributed by atoms with Gasteiger partial charge in [-0.25, -0.2) is 0 Å². The van der Waals surface area contributed by atoms with Gasteiger partial charge in [-0.2, -0.15) is 0 Å². The van der Waals surface area contributed by atoms with Gasteiger partial charge in [0.25, 0.3) is 0 Å². The molecule has 3 N–H and O–H groups in total. The fourth-order valence-electron chi connectivity index (χ4n) is 1.42. The number of carbonyl (C=O) groups excluding carboxylic acids is 1. The molecule has 1 aromatic rings. The van der Waals surface area contributed by atoms with Crippen LogP contribution in [0.3, 0.4) is 0 Å². The van der Waals surface area contributed by atoms with Crippen molar-refractivity contribution in [3.05, 3.63) is 28.8 Å². The number of hydrogen-bond donors (Lipinski definition) is 2. The van der Waals surface area contributed by atoms with Gasteiger partial charge in [-0.1, -0.05) is 17.7 Å². The van der Waals surface area contributed by atoms with Crippen LogP contribution >= 0.6 is 11.6 Å². The van der Waals surface area contributed by atoms with Gasteiger partial charge >= 0.3 is 0 Å². The topological polar surface area (TPSA) is 64.3 Å². The normalized spacial score (nSPS) is 10.2. The van der Waals surface area contributed by atoms with Gasteiger partial charge in [0.2, 0.25) is 5.91 Å². The summed E-state index contributed by atoms with van der Waals surface area (Å²) in [5.41, 5.74) is 6.10. The molecule has 0 aliphatic heterocycles. The summed E-state index contributed by atoms with van der Waals surface area (Å²) >= 11 is 6.05. The highest BCUT2D eigenvalue weighted by Gasteiger charge is 2.02. The molecule has 94 valence electrons. The first-order valence-electron chi connectivity index (χ1n) is 5.53. The van der Waals surface area contributed by atoms with Crippen LogP contribution in [0.1, 0.15) is 12.5 Å². The van der Waals surface area contributed by atoms with E-state index < -0.39 is 0 Å². The molecule has 0 bridgehead atoms. The Morgan fingerprint density at radius 2 is 2.29 bits per heavy atom. The van der Waals surface area contributed by atoms with Crippen molar-refractivity contribution >= 4 is 17.5 Å². The molecule has 0 saturated heterocycles. The largest absolute Gasteiger partial charge is 0.492 e. The lowest BCUT2D eigenvalue weighted by Gasteiger charge is -2.08. The Morgan fingerprint density at radius 1 is 1.53 bits per heavy atom. The second-order valence-corrected chi connectivity index (χ2v) is 4.00. The average Bonchev–Trinajstić information content (AvgIpc) is 2.28. The summed E-state index contributed by atoms with van der Waals surface area (Å²) in [7, 11) is 0. The van der Waals surface area contributed by atoms with E-state index in [4.69, 9.17) is 22.1 Å². The molecule has 0 unspecified atom stereocenters. The van der Waals surface area contributed by atoms with Crippen molar-refractivity contribution < 1.29 is 9.53 Å². The van der Waals surface area contributed by atoms with Gasteiger partial charge in [0.15, 0.2) is 0 Å². The van der Waals surface area contributed by atoms with Crippen molar-refractivity contribution in [3.8, 4) is 5.75 Å². The van der Waals surface area contributed by atoms with Crippen LogP contribution in [0.5, 0.6) is 5.75 Å². The Morgan fingerprint density at radius 3 is 2.88 bits per heavy atom. The molecule has 0 heterocycles. The van der Waals surface area contributed by atoms with E-state index in [9.17, 15) is 4.79 Å². The summed E-state index contributed by atoms with van der Waals surface area (Å²) in [5, 5.41) is 3.55. The Balaban J connectivity index is 2.44. The molecule has 0 aromatic heterocycles. The predicted octanol–water partition coefficient (Wildman–Crippen LogP) is 1.36. The van der Waals surface area contributed by atoms with Crippen molar-refractivity contribution in [3.63, 3.8) is 0 Å². The van der Waals surface area contributed by atoms with Crippen LogP contribution in [0.15, 0.2) is 18.2 Å². The van der Waals surface area contributed by atoms with E-state index >= 15 is 0 Å². The lowest BCUT2D eigenvalue weighted by molar-refractivity contribution is -0.117. The second kappa shape index (κ2) is 7.14. The van der Waals surface area contributed by atoms with Crippen LogP contribution < -0.4 is 15.8 Å². The molecule has 0 spiro atoms. The standard InChI is InChI=1S/C12H17ClN2O2/c1-2-17-11-4-3-9(7-10(11)13)5-6-15-8-12(14)16/h3-4,7,15H,2,5-6,8H2,1H3,(H2,14,16). The molecule has 4 nitrogen and oxygen atoms in total. The second-order valence-electron chi connectivity index (χ2n) is 3.59. The summed E-state index contributed by atoms with van der Waals surface area (Å²) < 4.78 is 5.34. The highest BCUT2D eigenvalue weighted by atomic mass is 35.5. The highest BCUT2D eigenvalue weighted by molar-refractivity contribution is 6.32. The van der Waals surface area contributed by atoms with E-state index in [0.29, 0.717) is 23.9 Å². The first-order valence-corrected chi connectivity index (χ1v) is 5.91. The number of hydrogen-bond acceptors (Lipinski definition) is 3. The minimum absolute atomic E-state index is 0.199. The maximum absolute atomic E-state index is 10.5. The minimum Gasteiger partial charge on any atom is -0.492 e. The summed E-state index contributed by atoms with van der Waals surface area (Å²) in [6, 6.07) is 5.69. The van der Waals surface area contributed by atoms with E-state index in [0.717, 1.165) is 12.0 Å². The smallest absolute Gasteiger partial charge is 0.231 e. The first kappa shape index (κ1) is 13.8. The molecule has 0 saturated carbocycles. The Kier molecular flexibility index (Phi) is 5.80. The van der Waals surface area contributed by atoms with Gasteiger partial charge in [0.05, 0.1) is 18.2 Å². The zero-order valence-electron chi connectivity index (χ0n) is 9.83. The Bertz CT molecular complexity index is 383. The molecule has 1 aromatic carbocycles. The quantitative estimate of drug-likeness (QED) is 0.724. The van der Waals surface area contributed by atoms with Gasteiger partial charge in [-0.05, 0) is 37.6 Å². The molecular weight excluding hydrogens is 240 g/mol. The van der Waals surface area contributed by atoms with Crippen molar-refractivity contribution in [1.29, 1.82) is 0 Å². The maximum Gasteiger partial charge on any atom is 0.231 e. The Labute approximate surface area is 106 Å². The molecule has 0 aliphatic rings. The van der Waals surface area contributed by atoms with Crippen molar-refractivity contribution in [2.24, 2.45) is 5.73 Å². The van der Waals surface area contributed by atoms with Crippen LogP contribution in [0.4, 0.5) is 0 Å². The maximum atomic E-state index is 10.5. The van der Waals surface area contributed by atoms with E-state index in [2.05, 4.69) is 5.32 Å². The zero-order chi connectivity index (χ0) is 12.7. The number of benzene rings is 1. The molecular formula is C12H17ClN2O2. The van der Waals surface area contributed by atoms with Crippen LogP contribution in [-0.2, 0) is 11.2 Å². The van der Waals surface area contributed by atoms with Gasteiger partial charge in [0, 0.05) is 0 Å². The Hall–Kier alpha value is -1.26. The summed E-state index contributed by atoms with van der Waals surface area (Å²) in [6.45, 7) is 3.40. The van der Waals surface area contributed by atoms with Gasteiger partial charge in [0.1, 0.15) is 5.75 Å². The average molecular weight is 257 g/mol. The lowest BCUT2D eigenvalue weighted by Crippen LogP contribution is -2.29. The number of halogens is 1. The molecule has 5 heteroatoms. The monoisotopic (exact) mass is 256 g/mol. The van der Waals surface area contributed by atoms with Gasteiger partial charge in [-0.15, -0.1) is 0 Å². The number of nitrogens with two attached hydrogens (primary N) is 1. The third-order valence-corrected chi connectivity index (χ3v) is 2.48. The van der Waals surface area contributed by atoms with Crippen LogP contribution in [0, 0.1) is 0 Å². The minimum atomic E-state index is -0.352. The van der Waals surface area contributed by atoms with Crippen LogP contribution in [0.25, 0.3) is 0 Å². The number of rotatable bonds is 7. The fourth-order valence-corrected chi connectivity index (χ4v) is 1.67. The molecule has 0 atom stereocenters. The van der Waals surface area contributed by atoms with Crippen LogP contribution in [0.2, 0.25) is 5.02 Å². The summed E-state index contributed by atoms with van der Waals surface area (Å²) in [5.74, 6) is 0.345. The molecule has 1 rings (SSSR count). The predicted molar refractivity (Wildman–Crippen MR) is 68.4 cm³/mol. The third-order valence-electron chi connectivity index (χ3n) is 2.19. The first-order chi connectivity index (χ1) is 8.13. The van der Waals surface area contributed by atoms with Crippen molar-refractivity contribution in [2.75, 3.05) is 19.7 Å². The number of carbonyl (C=O) groups is 1. The zero-order valence-corrected chi connectivity index (χ0v) is 10.6. The third kappa shape index (κ3) is 5.06. The van der Waals surface area contributed by atoms with Crippen molar-refractivity contribution in [2.45, 2.75) is 13.3 Å². The van der Waals surface area contributed by atoms with E-state index in [-0.39, 0.29) is 12.5 Å². The van der Waals surface area contributed by atoms with Gasteiger partial charge in [-0.3, -0.25) is 4.79 Å². The van der Waals surface area contributed by atoms with Crippen LogP contribution in [-0.4, -0.2) is 25.6 Å².